The Kier molecular flexibility index (Phi) is 10.1. The third kappa shape index (κ3) is 5.53. The second-order valence-corrected chi connectivity index (χ2v) is 20.7. The number of carbonyl (C=O) groups excluding carboxylic acids is 1. The van der Waals surface area contributed by atoms with Crippen LogP contribution in [0.15, 0.2) is 11.1 Å². The average molecular weight is 811 g/mol. The zero-order valence-electron chi connectivity index (χ0n) is 34.3. The highest BCUT2D eigenvalue weighted by Crippen LogP contribution is 2.77. The van der Waals surface area contributed by atoms with Crippen LogP contribution in [0, 0.1) is 38.9 Å². The first-order valence-electron chi connectivity index (χ1n) is 21.1. The van der Waals surface area contributed by atoms with E-state index < -0.39 is 114 Å². The average Bonchev–Trinajstić information content (AvgIpc) is 3.14. The minimum atomic E-state index is -1.78. The van der Waals surface area contributed by atoms with E-state index in [0.717, 1.165) is 24.8 Å². The van der Waals surface area contributed by atoms with Gasteiger partial charge in [-0.1, -0.05) is 34.6 Å². The Balaban J connectivity index is 1.08. The van der Waals surface area contributed by atoms with Crippen molar-refractivity contribution in [3.8, 4) is 0 Å². The van der Waals surface area contributed by atoms with Gasteiger partial charge in [0.15, 0.2) is 12.6 Å². The molecule has 9 N–H and O–H groups in total. The molecule has 20 atom stereocenters. The molecule has 324 valence electrons. The van der Waals surface area contributed by atoms with Crippen LogP contribution in [0.3, 0.4) is 0 Å². The van der Waals surface area contributed by atoms with Gasteiger partial charge in [-0.25, -0.2) is 0 Å². The highest BCUT2D eigenvalue weighted by Gasteiger charge is 2.75. The van der Waals surface area contributed by atoms with Gasteiger partial charge in [0.2, 0.25) is 0 Å². The second kappa shape index (κ2) is 13.6. The maximum absolute atomic E-state index is 13.7. The predicted molar refractivity (Wildman–Crippen MR) is 198 cm³/mol. The van der Waals surface area contributed by atoms with Gasteiger partial charge in [0, 0.05) is 0 Å². The van der Waals surface area contributed by atoms with Crippen LogP contribution in [0.4, 0.5) is 0 Å². The number of carbonyl (C=O) groups is 1. The van der Waals surface area contributed by atoms with Crippen LogP contribution < -0.4 is 0 Å². The smallest absolute Gasteiger partial charge is 0.317 e. The molecule has 2 bridgehead atoms. The number of ether oxygens (including phenoxy) is 5. The van der Waals surface area contributed by atoms with Crippen LogP contribution in [0.25, 0.3) is 0 Å². The maximum atomic E-state index is 13.7. The van der Waals surface area contributed by atoms with E-state index >= 15 is 0 Å². The summed E-state index contributed by atoms with van der Waals surface area (Å²) >= 11 is 0. The Bertz CT molecular complexity index is 1630. The molecule has 1 spiro atoms. The number of aliphatic hydroxyl groups excluding tert-OH is 8. The lowest BCUT2D eigenvalue weighted by Crippen LogP contribution is -2.72. The van der Waals surface area contributed by atoms with Crippen molar-refractivity contribution in [2.24, 2.45) is 38.9 Å². The fraction of sp³-hybridized carbons (Fsp3) is 0.929. The van der Waals surface area contributed by atoms with Gasteiger partial charge in [-0.05, 0) is 116 Å². The third-order valence-electron chi connectivity index (χ3n) is 18.0. The van der Waals surface area contributed by atoms with E-state index in [9.17, 15) is 50.8 Å². The molecule has 0 aromatic heterocycles. The number of rotatable bonds is 6. The molecule has 0 amide bonds. The molecule has 15 nitrogen and oxygen atoms in total. The molecule has 57 heavy (non-hydrogen) atoms. The molecule has 4 heterocycles. The summed E-state index contributed by atoms with van der Waals surface area (Å²) in [7, 11) is 0. The maximum Gasteiger partial charge on any atom is 0.317 e. The van der Waals surface area contributed by atoms with Crippen LogP contribution >= 0.6 is 0 Å². The molecular weight excluding hydrogens is 744 g/mol. The van der Waals surface area contributed by atoms with E-state index in [1.807, 2.05) is 6.92 Å². The van der Waals surface area contributed by atoms with Gasteiger partial charge in [0.1, 0.15) is 60.0 Å². The van der Waals surface area contributed by atoms with E-state index in [1.165, 1.54) is 0 Å². The molecule has 4 saturated carbocycles. The Hall–Kier alpha value is -1.31. The molecule has 4 aliphatic heterocycles. The van der Waals surface area contributed by atoms with Crippen molar-refractivity contribution in [2.45, 2.75) is 191 Å². The highest BCUT2D eigenvalue weighted by atomic mass is 16.8. The van der Waals surface area contributed by atoms with Crippen LogP contribution in [-0.4, -0.2) is 150 Å². The summed E-state index contributed by atoms with van der Waals surface area (Å²) in [5, 5.41) is 98.2. The fourth-order valence-electron chi connectivity index (χ4n) is 14.2. The van der Waals surface area contributed by atoms with Crippen LogP contribution in [0.2, 0.25) is 0 Å². The van der Waals surface area contributed by atoms with Crippen LogP contribution in [0.5, 0.6) is 0 Å². The monoisotopic (exact) mass is 810 g/mol. The summed E-state index contributed by atoms with van der Waals surface area (Å²) in [5.41, 5.74) is -3.38. The lowest BCUT2D eigenvalue weighted by molar-refractivity contribution is -0.378. The van der Waals surface area contributed by atoms with Gasteiger partial charge in [-0.15, -0.1) is 0 Å². The molecule has 9 aliphatic rings. The largest absolute Gasteiger partial charge is 0.455 e. The van der Waals surface area contributed by atoms with E-state index in [4.69, 9.17) is 23.7 Å². The molecule has 0 radical (unpaired) electrons. The van der Waals surface area contributed by atoms with Crippen molar-refractivity contribution >= 4 is 5.97 Å². The van der Waals surface area contributed by atoms with Gasteiger partial charge in [-0.2, -0.15) is 0 Å². The first-order chi connectivity index (χ1) is 26.5. The van der Waals surface area contributed by atoms with Gasteiger partial charge in [-0.3, -0.25) is 4.79 Å². The summed E-state index contributed by atoms with van der Waals surface area (Å²) in [6.07, 6.45) is -10.8. The Morgan fingerprint density at radius 2 is 1.30 bits per heavy atom. The first-order valence-corrected chi connectivity index (χ1v) is 21.1. The summed E-state index contributed by atoms with van der Waals surface area (Å²) in [5.74, 6) is -0.0979. The highest BCUT2D eigenvalue weighted by molar-refractivity contribution is 5.86. The van der Waals surface area contributed by atoms with Crippen molar-refractivity contribution < 1.29 is 74.4 Å². The minimum Gasteiger partial charge on any atom is -0.455 e. The lowest BCUT2D eigenvalue weighted by atomic mass is 9.33. The molecule has 0 aromatic carbocycles. The van der Waals surface area contributed by atoms with Gasteiger partial charge >= 0.3 is 5.97 Å². The van der Waals surface area contributed by atoms with E-state index in [1.54, 1.807) is 6.92 Å². The third-order valence-corrected chi connectivity index (χ3v) is 18.0. The Morgan fingerprint density at radius 3 is 1.93 bits per heavy atom. The SMILES string of the molecule is CC1(C)[C@@H](O[C@@H]2O[C@H](CO)[C@@H](O)[C@H](O)[C@H]2O[C@@H]2O[C@H](CO)[C@@H](O)[C@H](O)[C@H]2O)CC[C@@]2(C)[C@@H]1CC[C@]1(C)[C@@H]2C[C@@H](O)C2=C3[C@]4(CC[C@](C)(OC4=O)[C@@]3(C)O)CC[C@]21C. The molecule has 4 saturated heterocycles. The zero-order chi connectivity index (χ0) is 41.6. The van der Waals surface area contributed by atoms with Crippen LogP contribution in [-0.2, 0) is 28.5 Å². The van der Waals surface area contributed by atoms with Gasteiger partial charge < -0.3 is 69.6 Å². The van der Waals surface area contributed by atoms with Crippen molar-refractivity contribution in [3.63, 3.8) is 0 Å². The van der Waals surface area contributed by atoms with E-state index in [-0.39, 0.29) is 28.6 Å². The van der Waals surface area contributed by atoms with Crippen molar-refractivity contribution in [2.75, 3.05) is 13.2 Å². The lowest BCUT2D eigenvalue weighted by Gasteiger charge is -2.73. The number of hydrogen-bond acceptors (Lipinski definition) is 15. The summed E-state index contributed by atoms with van der Waals surface area (Å²) in [4.78, 5) is 13.7. The van der Waals surface area contributed by atoms with E-state index in [0.29, 0.717) is 44.1 Å². The van der Waals surface area contributed by atoms with Crippen molar-refractivity contribution in [3.05, 3.63) is 11.1 Å². The standard InChI is InChI=1S/C42H66O15/c1-36(2)22-8-11-38(4)23(16-19(45)25-32-41(7,52)40(6)13-15-42(32,35(51)57-40)14-12-39(25,38)5)37(22,3)10-9-24(36)55-34-31(29(49)27(47)21(18-44)54-34)56-33-30(50)28(48)26(46)20(17-43)53-33/h19-24,26-31,33-34,43-50,52H,8-18H2,1-7H3/t19-,20-,21-,22-,23-,24+,26-,27-,28+,29+,30-,31-,33+,34+,37+,38-,39-,40+,41+,42-/m1/s1. The molecule has 5 aliphatic carbocycles. The molecule has 0 aromatic rings. The first kappa shape index (κ1) is 42.4. The summed E-state index contributed by atoms with van der Waals surface area (Å²) < 4.78 is 30.3. The molecule has 15 heteroatoms. The Morgan fingerprint density at radius 1 is 0.684 bits per heavy atom. The molecular formula is C42H66O15. The number of hydrogen-bond donors (Lipinski definition) is 9. The number of aliphatic hydroxyl groups is 9. The van der Waals surface area contributed by atoms with E-state index in [2.05, 4.69) is 34.6 Å². The molecule has 0 unspecified atom stereocenters. The Labute approximate surface area is 334 Å². The van der Waals surface area contributed by atoms with Gasteiger partial charge in [0.05, 0.1) is 30.8 Å². The summed E-state index contributed by atoms with van der Waals surface area (Å²) in [6, 6.07) is 0. The zero-order valence-corrected chi connectivity index (χ0v) is 34.3. The molecule has 9 rings (SSSR count). The quantitative estimate of drug-likeness (QED) is 0.101. The van der Waals surface area contributed by atoms with Crippen molar-refractivity contribution in [1.29, 1.82) is 0 Å². The van der Waals surface area contributed by atoms with Gasteiger partial charge in [0.25, 0.3) is 0 Å². The normalized spacial score (nSPS) is 56.9. The minimum absolute atomic E-state index is 0.0829. The van der Waals surface area contributed by atoms with Crippen LogP contribution in [0.1, 0.15) is 106 Å². The second-order valence-electron chi connectivity index (χ2n) is 20.7. The summed E-state index contributed by atoms with van der Waals surface area (Å²) in [6.45, 7) is 13.5. The number of fused-ring (bicyclic) bond motifs is 7. The molecule has 8 fully saturated rings. The van der Waals surface area contributed by atoms with Crippen molar-refractivity contribution in [1.82, 2.24) is 0 Å². The topological polar surface area (TPSA) is 245 Å². The predicted octanol–water partition coefficient (Wildman–Crippen LogP) is 0.563. The number of esters is 1. The fourth-order valence-corrected chi connectivity index (χ4v) is 14.2.